The third-order valence-corrected chi connectivity index (χ3v) is 5.68. The lowest BCUT2D eigenvalue weighted by atomic mass is 9.84. The van der Waals surface area contributed by atoms with E-state index in [0.717, 1.165) is 25.7 Å². The fraction of sp³-hybridized carbons (Fsp3) is 0.579. The zero-order chi connectivity index (χ0) is 18.3. The number of rotatable bonds is 3. The van der Waals surface area contributed by atoms with E-state index in [1.165, 1.54) is 7.11 Å². The van der Waals surface area contributed by atoms with Crippen molar-refractivity contribution in [1.82, 2.24) is 4.90 Å². The van der Waals surface area contributed by atoms with Crippen molar-refractivity contribution in [2.75, 3.05) is 20.3 Å². The quantitative estimate of drug-likeness (QED) is 0.889. The number of carbonyl (C=O) groups is 2. The number of benzene rings is 1. The molecule has 1 saturated carbocycles. The lowest BCUT2D eigenvalue weighted by Gasteiger charge is -2.33. The standard InChI is InChI=1S/C19H23NO6/c1-24-15-9-12(10-16-17(15)26-7-6-25-16)18(21)20-13-5-3-2-4-11(13)8-14(20)19(22)23/h9-11,13-14H,2-8H2,1H3,(H,22,23)/t11-,13+,14-/m0/s1. The maximum Gasteiger partial charge on any atom is 0.326 e. The molecule has 7 heteroatoms. The van der Waals surface area contributed by atoms with E-state index in [9.17, 15) is 14.7 Å². The molecule has 4 rings (SSSR count). The Bertz CT molecular complexity index is 716. The van der Waals surface area contributed by atoms with Crippen molar-refractivity contribution in [2.45, 2.75) is 44.2 Å². The number of nitrogens with zero attached hydrogens (tertiary/aromatic N) is 1. The number of carbonyl (C=O) groups excluding carboxylic acids is 1. The van der Waals surface area contributed by atoms with Crippen LogP contribution in [0.4, 0.5) is 0 Å². The number of fused-ring (bicyclic) bond motifs is 2. The van der Waals surface area contributed by atoms with Gasteiger partial charge in [0.15, 0.2) is 11.5 Å². The normalized spacial score (nSPS) is 27.0. The second-order valence-electron chi connectivity index (χ2n) is 7.12. The van der Waals surface area contributed by atoms with Crippen molar-refractivity contribution in [3.05, 3.63) is 17.7 Å². The van der Waals surface area contributed by atoms with E-state index < -0.39 is 12.0 Å². The summed E-state index contributed by atoms with van der Waals surface area (Å²) in [5.74, 6) is 0.441. The molecule has 0 unspecified atom stereocenters. The molecule has 2 fully saturated rings. The summed E-state index contributed by atoms with van der Waals surface area (Å²) in [5.41, 5.74) is 0.378. The largest absolute Gasteiger partial charge is 0.493 e. The fourth-order valence-electron chi connectivity index (χ4n) is 4.52. The number of carboxylic acids is 1. The van der Waals surface area contributed by atoms with Gasteiger partial charge in [-0.2, -0.15) is 0 Å². The minimum Gasteiger partial charge on any atom is -0.493 e. The van der Waals surface area contributed by atoms with Gasteiger partial charge in [-0.3, -0.25) is 4.79 Å². The van der Waals surface area contributed by atoms with Gasteiger partial charge in [-0.25, -0.2) is 4.79 Å². The highest BCUT2D eigenvalue weighted by Crippen LogP contribution is 2.43. The van der Waals surface area contributed by atoms with E-state index >= 15 is 0 Å². The Balaban J connectivity index is 1.70. The third-order valence-electron chi connectivity index (χ3n) is 5.68. The van der Waals surface area contributed by atoms with Crippen LogP contribution in [0.1, 0.15) is 42.5 Å². The van der Waals surface area contributed by atoms with E-state index in [4.69, 9.17) is 14.2 Å². The molecule has 1 amide bonds. The van der Waals surface area contributed by atoms with Crippen LogP contribution in [-0.4, -0.2) is 54.3 Å². The molecule has 1 aromatic rings. The molecule has 7 nitrogen and oxygen atoms in total. The van der Waals surface area contributed by atoms with Crippen LogP contribution in [0.25, 0.3) is 0 Å². The molecule has 3 aliphatic rings. The SMILES string of the molecule is COc1cc(C(=O)N2[C@@H]3CCCC[C@H]3C[C@H]2C(=O)O)cc2c1OCCO2. The Kier molecular flexibility index (Phi) is 4.38. The molecular weight excluding hydrogens is 338 g/mol. The summed E-state index contributed by atoms with van der Waals surface area (Å²) in [6, 6.07) is 2.48. The number of aliphatic carboxylic acids is 1. The van der Waals surface area contributed by atoms with Crippen molar-refractivity contribution in [3.63, 3.8) is 0 Å². The number of ether oxygens (including phenoxy) is 3. The van der Waals surface area contributed by atoms with Crippen LogP contribution in [-0.2, 0) is 4.79 Å². The van der Waals surface area contributed by atoms with Crippen LogP contribution in [0.5, 0.6) is 17.2 Å². The predicted octanol–water partition coefficient (Wildman–Crippen LogP) is 2.32. The van der Waals surface area contributed by atoms with Gasteiger partial charge >= 0.3 is 5.97 Å². The average molecular weight is 361 g/mol. The monoisotopic (exact) mass is 361 g/mol. The Labute approximate surface area is 151 Å². The van der Waals surface area contributed by atoms with E-state index in [1.54, 1.807) is 17.0 Å². The smallest absolute Gasteiger partial charge is 0.326 e. The Morgan fingerprint density at radius 1 is 1.19 bits per heavy atom. The lowest BCUT2D eigenvalue weighted by molar-refractivity contribution is -0.141. The van der Waals surface area contributed by atoms with Gasteiger partial charge in [-0.05, 0) is 37.3 Å². The molecular formula is C19H23NO6. The highest BCUT2D eigenvalue weighted by molar-refractivity contribution is 5.98. The van der Waals surface area contributed by atoms with Gasteiger partial charge in [0.25, 0.3) is 5.91 Å². The first-order valence-corrected chi connectivity index (χ1v) is 9.13. The van der Waals surface area contributed by atoms with Gasteiger partial charge in [-0.1, -0.05) is 12.8 Å². The maximum absolute atomic E-state index is 13.3. The second kappa shape index (κ2) is 6.70. The highest BCUT2D eigenvalue weighted by atomic mass is 16.6. The van der Waals surface area contributed by atoms with Crippen molar-refractivity contribution < 1.29 is 28.9 Å². The van der Waals surface area contributed by atoms with Crippen molar-refractivity contribution in [2.24, 2.45) is 5.92 Å². The summed E-state index contributed by atoms with van der Waals surface area (Å²) in [6.45, 7) is 0.827. The van der Waals surface area contributed by atoms with Gasteiger partial charge in [0.2, 0.25) is 5.75 Å². The first kappa shape index (κ1) is 17.0. The van der Waals surface area contributed by atoms with E-state index in [-0.39, 0.29) is 17.9 Å². The zero-order valence-electron chi connectivity index (χ0n) is 14.8. The van der Waals surface area contributed by atoms with Gasteiger partial charge in [0.1, 0.15) is 19.3 Å². The summed E-state index contributed by atoms with van der Waals surface area (Å²) in [7, 11) is 1.51. The number of hydrogen-bond acceptors (Lipinski definition) is 5. The minimum absolute atomic E-state index is 0.00320. The number of carboxylic acid groups (broad SMARTS) is 1. The Morgan fingerprint density at radius 2 is 1.96 bits per heavy atom. The molecule has 0 aromatic heterocycles. The van der Waals surface area contributed by atoms with Crippen molar-refractivity contribution in [1.29, 1.82) is 0 Å². The predicted molar refractivity (Wildman–Crippen MR) is 91.9 cm³/mol. The number of hydrogen-bond donors (Lipinski definition) is 1. The van der Waals surface area contributed by atoms with E-state index in [0.29, 0.717) is 42.4 Å². The van der Waals surface area contributed by atoms with Crippen LogP contribution in [0, 0.1) is 5.92 Å². The molecule has 2 heterocycles. The number of likely N-dealkylation sites (tertiary alicyclic amines) is 1. The van der Waals surface area contributed by atoms with Crippen molar-refractivity contribution >= 4 is 11.9 Å². The molecule has 26 heavy (non-hydrogen) atoms. The van der Waals surface area contributed by atoms with Gasteiger partial charge in [0.05, 0.1) is 7.11 Å². The van der Waals surface area contributed by atoms with Crippen LogP contribution in [0.15, 0.2) is 12.1 Å². The van der Waals surface area contributed by atoms with E-state index in [1.807, 2.05) is 0 Å². The number of methoxy groups -OCH3 is 1. The average Bonchev–Trinajstić information content (AvgIpc) is 3.06. The molecule has 2 aliphatic heterocycles. The van der Waals surface area contributed by atoms with Crippen LogP contribution in [0.2, 0.25) is 0 Å². The van der Waals surface area contributed by atoms with Gasteiger partial charge < -0.3 is 24.2 Å². The summed E-state index contributed by atoms with van der Waals surface area (Å²) < 4.78 is 16.5. The summed E-state index contributed by atoms with van der Waals surface area (Å²) in [5, 5.41) is 9.66. The second-order valence-corrected chi connectivity index (χ2v) is 7.12. The molecule has 140 valence electrons. The minimum atomic E-state index is -0.933. The molecule has 1 N–H and O–H groups in total. The summed E-state index contributed by atoms with van der Waals surface area (Å²) in [6.07, 6.45) is 4.52. The van der Waals surface area contributed by atoms with Gasteiger partial charge in [-0.15, -0.1) is 0 Å². The summed E-state index contributed by atoms with van der Waals surface area (Å²) >= 11 is 0. The zero-order valence-corrected chi connectivity index (χ0v) is 14.8. The summed E-state index contributed by atoms with van der Waals surface area (Å²) in [4.78, 5) is 26.6. The van der Waals surface area contributed by atoms with Crippen molar-refractivity contribution in [3.8, 4) is 17.2 Å². The lowest BCUT2D eigenvalue weighted by Crippen LogP contribution is -2.46. The van der Waals surface area contributed by atoms with Crippen LogP contribution < -0.4 is 14.2 Å². The Hall–Kier alpha value is -2.44. The highest BCUT2D eigenvalue weighted by Gasteiger charge is 2.47. The van der Waals surface area contributed by atoms with Crippen LogP contribution in [0.3, 0.4) is 0 Å². The fourth-order valence-corrected chi connectivity index (χ4v) is 4.52. The molecule has 1 aliphatic carbocycles. The maximum atomic E-state index is 13.3. The van der Waals surface area contributed by atoms with E-state index in [2.05, 4.69) is 0 Å². The molecule has 0 spiro atoms. The molecule has 1 aromatic carbocycles. The van der Waals surface area contributed by atoms with Crippen LogP contribution >= 0.6 is 0 Å². The number of amides is 1. The topological polar surface area (TPSA) is 85.3 Å². The molecule has 0 radical (unpaired) electrons. The third kappa shape index (κ3) is 2.75. The first-order chi connectivity index (χ1) is 12.6. The molecule has 1 saturated heterocycles. The Morgan fingerprint density at radius 3 is 2.73 bits per heavy atom. The first-order valence-electron chi connectivity index (χ1n) is 9.13. The van der Waals surface area contributed by atoms with Gasteiger partial charge in [0, 0.05) is 11.6 Å². The molecule has 0 bridgehead atoms. The molecule has 3 atom stereocenters.